The zero-order chi connectivity index (χ0) is 20.0. The van der Waals surface area contributed by atoms with Crippen molar-refractivity contribution in [2.24, 2.45) is 0 Å². The molecule has 7 heteroatoms. The topological polar surface area (TPSA) is 66.5 Å². The van der Waals surface area contributed by atoms with Crippen molar-refractivity contribution in [3.05, 3.63) is 59.7 Å². The van der Waals surface area contributed by atoms with Crippen LogP contribution in [0.15, 0.2) is 58.3 Å². The van der Waals surface area contributed by atoms with E-state index in [1.807, 2.05) is 37.4 Å². The molecule has 0 radical (unpaired) electrons. The van der Waals surface area contributed by atoms with Gasteiger partial charge in [-0.25, -0.2) is 12.7 Å². The number of nitrogens with zero attached hydrogens (tertiary/aromatic N) is 1. The van der Waals surface area contributed by atoms with Gasteiger partial charge in [0.15, 0.2) is 0 Å². The first-order valence-electron chi connectivity index (χ1n) is 8.69. The van der Waals surface area contributed by atoms with Crippen LogP contribution in [0.3, 0.4) is 0 Å². The molecule has 5 nitrogen and oxygen atoms in total. The highest BCUT2D eigenvalue weighted by molar-refractivity contribution is 7.98. The van der Waals surface area contributed by atoms with Crippen molar-refractivity contribution in [3.8, 4) is 0 Å². The predicted molar refractivity (Wildman–Crippen MR) is 110 cm³/mol. The molecule has 0 saturated heterocycles. The number of hydrogen-bond acceptors (Lipinski definition) is 4. The molecule has 0 aromatic heterocycles. The van der Waals surface area contributed by atoms with E-state index in [9.17, 15) is 13.2 Å². The molecule has 0 fully saturated rings. The number of rotatable bonds is 8. The number of benzene rings is 2. The summed E-state index contributed by atoms with van der Waals surface area (Å²) in [6.45, 7) is 1.97. The summed E-state index contributed by atoms with van der Waals surface area (Å²) < 4.78 is 25.3. The van der Waals surface area contributed by atoms with Gasteiger partial charge in [0.2, 0.25) is 15.9 Å². The summed E-state index contributed by atoms with van der Waals surface area (Å²) in [4.78, 5) is 13.7. The van der Waals surface area contributed by atoms with E-state index in [2.05, 4.69) is 5.32 Å². The van der Waals surface area contributed by atoms with Crippen LogP contribution in [-0.2, 0) is 21.2 Å². The van der Waals surface area contributed by atoms with Crippen molar-refractivity contribution < 1.29 is 13.2 Å². The first kappa shape index (κ1) is 21.5. The summed E-state index contributed by atoms with van der Waals surface area (Å²) >= 11 is 1.69. The Labute approximate surface area is 166 Å². The number of thioether (sulfide) groups is 1. The maximum Gasteiger partial charge on any atom is 0.242 e. The number of carbonyl (C=O) groups is 1. The largest absolute Gasteiger partial charge is 0.350 e. The fraction of sp³-hybridized carbons (Fsp3) is 0.350. The van der Waals surface area contributed by atoms with Crippen molar-refractivity contribution in [2.45, 2.75) is 35.6 Å². The molecule has 0 aliphatic carbocycles. The number of amides is 1. The second-order valence-electron chi connectivity index (χ2n) is 6.49. The summed E-state index contributed by atoms with van der Waals surface area (Å²) in [5.74, 6) is -0.0265. The van der Waals surface area contributed by atoms with Crippen molar-refractivity contribution in [1.82, 2.24) is 9.62 Å². The minimum Gasteiger partial charge on any atom is -0.350 e. The van der Waals surface area contributed by atoms with E-state index in [0.717, 1.165) is 11.1 Å². The predicted octanol–water partition coefficient (Wildman–Crippen LogP) is 3.47. The van der Waals surface area contributed by atoms with Crippen LogP contribution in [0.1, 0.15) is 30.5 Å². The summed E-state index contributed by atoms with van der Waals surface area (Å²) in [7, 11) is -0.417. The third-order valence-electron chi connectivity index (χ3n) is 4.34. The van der Waals surface area contributed by atoms with Crippen LogP contribution in [0.4, 0.5) is 0 Å². The smallest absolute Gasteiger partial charge is 0.242 e. The first-order valence-corrected chi connectivity index (χ1v) is 11.4. The minimum atomic E-state index is -3.42. The van der Waals surface area contributed by atoms with Crippen molar-refractivity contribution in [2.75, 3.05) is 20.4 Å². The van der Waals surface area contributed by atoms with E-state index in [1.54, 1.807) is 36.0 Å². The maximum atomic E-state index is 12.2. The fourth-order valence-electron chi connectivity index (χ4n) is 2.59. The van der Waals surface area contributed by atoms with Crippen LogP contribution in [0.5, 0.6) is 0 Å². The number of carbonyl (C=O) groups excluding carboxylic acids is 1. The summed E-state index contributed by atoms with van der Waals surface area (Å²) in [5.41, 5.74) is 2.00. The van der Waals surface area contributed by atoms with E-state index < -0.39 is 10.0 Å². The van der Waals surface area contributed by atoms with Gasteiger partial charge >= 0.3 is 0 Å². The molecule has 2 rings (SSSR count). The summed E-state index contributed by atoms with van der Waals surface area (Å²) in [5, 5.41) is 3.01. The standard InChI is InChI=1S/C20H26N2O3S2/c1-15(17-8-10-18(26-4)11-9-17)21-20(23)14-7-16-5-12-19(13-6-16)27(24,25)22(2)3/h5-6,8-13,15H,7,14H2,1-4H3,(H,21,23). The molecule has 1 amide bonds. The Balaban J connectivity index is 1.89. The summed E-state index contributed by atoms with van der Waals surface area (Å²) in [6.07, 6.45) is 2.95. The van der Waals surface area contributed by atoms with Gasteiger partial charge in [-0.1, -0.05) is 24.3 Å². The molecular formula is C20H26N2O3S2. The molecule has 0 aliphatic rings. The molecule has 0 heterocycles. The van der Waals surface area contributed by atoms with Crippen LogP contribution in [-0.4, -0.2) is 39.0 Å². The lowest BCUT2D eigenvalue weighted by atomic mass is 10.1. The van der Waals surface area contributed by atoms with Crippen LogP contribution in [0, 0.1) is 0 Å². The number of aryl methyl sites for hydroxylation is 1. The Bertz CT molecular complexity index is 861. The Morgan fingerprint density at radius 2 is 1.67 bits per heavy atom. The minimum absolute atomic E-state index is 0.0265. The lowest BCUT2D eigenvalue weighted by Gasteiger charge is -2.15. The molecule has 2 aromatic rings. The second-order valence-corrected chi connectivity index (χ2v) is 9.53. The van der Waals surface area contributed by atoms with Crippen LogP contribution >= 0.6 is 11.8 Å². The molecule has 146 valence electrons. The normalized spacial score (nSPS) is 12.8. The number of hydrogen-bond donors (Lipinski definition) is 1. The third kappa shape index (κ3) is 5.82. The molecule has 0 spiro atoms. The van der Waals surface area contributed by atoms with Crippen LogP contribution < -0.4 is 5.32 Å². The van der Waals surface area contributed by atoms with Gasteiger partial charge < -0.3 is 5.32 Å². The number of sulfonamides is 1. The van der Waals surface area contributed by atoms with E-state index in [-0.39, 0.29) is 16.8 Å². The van der Waals surface area contributed by atoms with E-state index >= 15 is 0 Å². The molecule has 1 unspecified atom stereocenters. The lowest BCUT2D eigenvalue weighted by molar-refractivity contribution is -0.121. The van der Waals surface area contributed by atoms with Gasteiger partial charge in [0, 0.05) is 25.4 Å². The lowest BCUT2D eigenvalue weighted by Crippen LogP contribution is -2.26. The van der Waals surface area contributed by atoms with E-state index in [1.165, 1.54) is 23.3 Å². The van der Waals surface area contributed by atoms with Crippen LogP contribution in [0.25, 0.3) is 0 Å². The Morgan fingerprint density at radius 1 is 1.07 bits per heavy atom. The molecule has 1 N–H and O–H groups in total. The van der Waals surface area contributed by atoms with E-state index in [4.69, 9.17) is 0 Å². The summed E-state index contributed by atoms with van der Waals surface area (Å²) in [6, 6.07) is 14.8. The molecular weight excluding hydrogens is 380 g/mol. The van der Waals surface area contributed by atoms with Crippen molar-refractivity contribution in [3.63, 3.8) is 0 Å². The zero-order valence-corrected chi connectivity index (χ0v) is 17.7. The average Bonchev–Trinajstić information content (AvgIpc) is 2.66. The third-order valence-corrected chi connectivity index (χ3v) is 6.91. The van der Waals surface area contributed by atoms with Gasteiger partial charge in [-0.2, -0.15) is 0 Å². The van der Waals surface area contributed by atoms with Crippen LogP contribution in [0.2, 0.25) is 0 Å². The van der Waals surface area contributed by atoms with E-state index in [0.29, 0.717) is 12.8 Å². The Kier molecular flexibility index (Phi) is 7.47. The number of nitrogens with one attached hydrogen (secondary N) is 1. The SMILES string of the molecule is CSc1ccc(C(C)NC(=O)CCc2ccc(S(=O)(=O)N(C)C)cc2)cc1. The van der Waals surface area contributed by atoms with Gasteiger partial charge in [-0.15, -0.1) is 11.8 Å². The maximum absolute atomic E-state index is 12.2. The Morgan fingerprint density at radius 3 is 2.19 bits per heavy atom. The van der Waals surface area contributed by atoms with Crippen molar-refractivity contribution in [1.29, 1.82) is 0 Å². The molecule has 2 aromatic carbocycles. The highest BCUT2D eigenvalue weighted by atomic mass is 32.2. The van der Waals surface area contributed by atoms with Gasteiger partial charge in [0.25, 0.3) is 0 Å². The monoisotopic (exact) mass is 406 g/mol. The van der Waals surface area contributed by atoms with Gasteiger partial charge in [-0.05, 0) is 55.0 Å². The van der Waals surface area contributed by atoms with Gasteiger partial charge in [0.1, 0.15) is 0 Å². The second kappa shape index (κ2) is 9.39. The molecule has 0 bridgehead atoms. The highest BCUT2D eigenvalue weighted by Gasteiger charge is 2.16. The Hall–Kier alpha value is -1.83. The highest BCUT2D eigenvalue weighted by Crippen LogP contribution is 2.19. The molecule has 0 aliphatic heterocycles. The fourth-order valence-corrected chi connectivity index (χ4v) is 3.90. The molecule has 27 heavy (non-hydrogen) atoms. The molecule has 0 saturated carbocycles. The quantitative estimate of drug-likeness (QED) is 0.682. The average molecular weight is 407 g/mol. The molecule has 1 atom stereocenters. The zero-order valence-electron chi connectivity index (χ0n) is 16.1. The van der Waals surface area contributed by atoms with Gasteiger partial charge in [0.05, 0.1) is 10.9 Å². The first-order chi connectivity index (χ1) is 12.7. The van der Waals surface area contributed by atoms with Crippen molar-refractivity contribution >= 4 is 27.7 Å². The van der Waals surface area contributed by atoms with Gasteiger partial charge in [-0.3, -0.25) is 4.79 Å².